The lowest BCUT2D eigenvalue weighted by atomic mass is 10.1. The van der Waals surface area contributed by atoms with Crippen LogP contribution < -0.4 is 9.04 Å². The van der Waals surface area contributed by atoms with E-state index in [1.807, 2.05) is 47.8 Å². The maximum absolute atomic E-state index is 13.6. The molecule has 184 valence electrons. The zero-order chi connectivity index (χ0) is 25.1. The van der Waals surface area contributed by atoms with Gasteiger partial charge in [-0.2, -0.15) is 5.21 Å². The van der Waals surface area contributed by atoms with E-state index in [0.29, 0.717) is 35.0 Å². The molecule has 0 saturated carbocycles. The first-order valence-corrected chi connectivity index (χ1v) is 13.4. The van der Waals surface area contributed by atoms with Gasteiger partial charge in [0, 0.05) is 23.2 Å². The first-order valence-electron chi connectivity index (χ1n) is 11.4. The molecule has 2 aromatic carbocycles. The maximum atomic E-state index is 13.6. The smallest absolute Gasteiger partial charge is 0.204 e. The quantitative estimate of drug-likeness (QED) is 0.327. The molecule has 1 atom stereocenters. The molecular formula is C25H30N6O2S2. The van der Waals surface area contributed by atoms with Crippen molar-refractivity contribution in [3.05, 3.63) is 63.7 Å². The molecule has 1 unspecified atom stereocenters. The highest BCUT2D eigenvalue weighted by Crippen LogP contribution is 2.36. The topological polar surface area (TPSA) is 96.9 Å². The van der Waals surface area contributed by atoms with E-state index in [2.05, 4.69) is 59.4 Å². The van der Waals surface area contributed by atoms with Crippen LogP contribution in [-0.4, -0.2) is 36.4 Å². The van der Waals surface area contributed by atoms with E-state index in [0.717, 1.165) is 39.2 Å². The molecule has 0 bridgehead atoms. The second kappa shape index (κ2) is 10.7. The fourth-order valence-electron chi connectivity index (χ4n) is 3.62. The Labute approximate surface area is 212 Å². The summed E-state index contributed by atoms with van der Waals surface area (Å²) in [4.78, 5) is 4.49. The number of benzene rings is 2. The van der Waals surface area contributed by atoms with Gasteiger partial charge in [-0.05, 0) is 79.3 Å². The number of anilines is 1. The summed E-state index contributed by atoms with van der Waals surface area (Å²) >= 11 is 1.42. The number of ether oxygens (including phenoxy) is 1. The Bertz CT molecular complexity index is 1330. The van der Waals surface area contributed by atoms with Gasteiger partial charge in [0.2, 0.25) is 10.2 Å². The molecule has 8 nitrogen and oxygen atoms in total. The Hall–Kier alpha value is -3.11. The Morgan fingerprint density at radius 2 is 1.86 bits per heavy atom. The first-order chi connectivity index (χ1) is 16.7. The van der Waals surface area contributed by atoms with E-state index in [-0.39, 0.29) is 0 Å². The third-order valence-electron chi connectivity index (χ3n) is 5.65. The Morgan fingerprint density at radius 3 is 2.49 bits per heavy atom. The first kappa shape index (κ1) is 25.0. The van der Waals surface area contributed by atoms with Gasteiger partial charge in [-0.15, -0.1) is 21.5 Å². The zero-order valence-corrected chi connectivity index (χ0v) is 22.5. The van der Waals surface area contributed by atoms with Crippen molar-refractivity contribution in [2.45, 2.75) is 52.5 Å². The van der Waals surface area contributed by atoms with Crippen LogP contribution >= 0.6 is 11.3 Å². The van der Waals surface area contributed by atoms with Crippen molar-refractivity contribution in [1.82, 2.24) is 25.6 Å². The highest BCUT2D eigenvalue weighted by Gasteiger charge is 2.24. The summed E-state index contributed by atoms with van der Waals surface area (Å²) < 4.78 is 22.5. The van der Waals surface area contributed by atoms with E-state index in [1.165, 1.54) is 11.3 Å². The summed E-state index contributed by atoms with van der Waals surface area (Å²) in [7, 11) is -1.43. The predicted octanol–water partition coefficient (Wildman–Crippen LogP) is 5.32. The normalized spacial score (nSPS) is 12.2. The number of hydrogen-bond acceptors (Lipinski definition) is 7. The maximum Gasteiger partial charge on any atom is 0.204 e. The van der Waals surface area contributed by atoms with Crippen molar-refractivity contribution < 1.29 is 8.95 Å². The highest BCUT2D eigenvalue weighted by molar-refractivity contribution is 7.88. The Morgan fingerprint density at radius 1 is 1.09 bits per heavy atom. The van der Waals surface area contributed by atoms with Crippen molar-refractivity contribution in [1.29, 1.82) is 0 Å². The minimum Gasteiger partial charge on any atom is -0.487 e. The van der Waals surface area contributed by atoms with Crippen molar-refractivity contribution in [3.8, 4) is 17.1 Å². The predicted molar refractivity (Wildman–Crippen MR) is 140 cm³/mol. The van der Waals surface area contributed by atoms with Gasteiger partial charge in [0.1, 0.15) is 12.4 Å². The summed E-state index contributed by atoms with van der Waals surface area (Å²) in [5, 5.41) is 16.1. The van der Waals surface area contributed by atoms with E-state index >= 15 is 0 Å². The van der Waals surface area contributed by atoms with Crippen LogP contribution in [0.3, 0.4) is 0 Å². The van der Waals surface area contributed by atoms with E-state index < -0.39 is 11.0 Å². The average Bonchev–Trinajstić information content (AvgIpc) is 3.50. The van der Waals surface area contributed by atoms with Gasteiger partial charge in [-0.3, -0.25) is 4.31 Å². The molecule has 0 aliphatic carbocycles. The summed E-state index contributed by atoms with van der Waals surface area (Å²) in [5.74, 6) is 1.56. The molecule has 4 aromatic rings. The van der Waals surface area contributed by atoms with Gasteiger partial charge in [-0.1, -0.05) is 26.0 Å². The zero-order valence-electron chi connectivity index (χ0n) is 20.8. The summed E-state index contributed by atoms with van der Waals surface area (Å²) in [5.41, 5.74) is 6.94. The van der Waals surface area contributed by atoms with Crippen molar-refractivity contribution in [3.63, 3.8) is 0 Å². The molecular weight excluding hydrogens is 480 g/mol. The summed E-state index contributed by atoms with van der Waals surface area (Å²) in [6.45, 7) is 13.3. The standard InChI is InChI=1S/C25H30N6O2S2/c1-15(2)12-31(35(32)25-26-19(6)14-34-25)22-10-16(3)17(4)11-23(22)33-13-21-8-7-20(9-18(21)5)24-27-29-30-28-24/h7-11,14-15H,12-13H2,1-6H3,(H,27,28,29,30). The Kier molecular flexibility index (Phi) is 7.61. The molecule has 2 aromatic heterocycles. The van der Waals surface area contributed by atoms with Crippen molar-refractivity contribution in [2.75, 3.05) is 10.8 Å². The van der Waals surface area contributed by atoms with Crippen LogP contribution in [0.4, 0.5) is 5.69 Å². The molecule has 4 rings (SSSR count). The number of aryl methyl sites for hydroxylation is 4. The largest absolute Gasteiger partial charge is 0.487 e. The van der Waals surface area contributed by atoms with E-state index in [9.17, 15) is 4.21 Å². The number of nitrogens with one attached hydrogen (secondary N) is 1. The molecule has 10 heteroatoms. The summed E-state index contributed by atoms with van der Waals surface area (Å²) in [6.07, 6.45) is 0. The number of tetrazole rings is 1. The van der Waals surface area contributed by atoms with Crippen LogP contribution in [0.5, 0.6) is 5.75 Å². The van der Waals surface area contributed by atoms with Crippen molar-refractivity contribution in [2.24, 2.45) is 5.92 Å². The molecule has 0 amide bonds. The van der Waals surface area contributed by atoms with E-state index in [1.54, 1.807) is 0 Å². The number of aromatic nitrogens is 5. The van der Waals surface area contributed by atoms with Gasteiger partial charge >= 0.3 is 0 Å². The third-order valence-corrected chi connectivity index (χ3v) is 8.26. The van der Waals surface area contributed by atoms with Gasteiger partial charge in [0.25, 0.3) is 0 Å². The van der Waals surface area contributed by atoms with Crippen LogP contribution in [0.1, 0.15) is 41.8 Å². The van der Waals surface area contributed by atoms with Gasteiger partial charge in [-0.25, -0.2) is 9.19 Å². The lowest BCUT2D eigenvalue weighted by Crippen LogP contribution is -2.30. The molecule has 0 radical (unpaired) electrons. The number of hydrogen-bond donors (Lipinski definition) is 1. The number of nitrogens with zero attached hydrogens (tertiary/aromatic N) is 5. The van der Waals surface area contributed by atoms with Crippen LogP contribution in [0.15, 0.2) is 40.1 Å². The minimum atomic E-state index is -1.43. The molecule has 1 N–H and O–H groups in total. The van der Waals surface area contributed by atoms with Crippen molar-refractivity contribution >= 4 is 28.0 Å². The molecule has 0 saturated heterocycles. The second-order valence-electron chi connectivity index (χ2n) is 9.03. The fraction of sp³-hybridized carbons (Fsp3) is 0.360. The molecule has 0 aliphatic heterocycles. The second-order valence-corrected chi connectivity index (χ2v) is 11.5. The van der Waals surface area contributed by atoms with Crippen LogP contribution in [-0.2, 0) is 17.6 Å². The number of aromatic amines is 1. The van der Waals surface area contributed by atoms with Crippen LogP contribution in [0.2, 0.25) is 0 Å². The van der Waals surface area contributed by atoms with Gasteiger partial charge < -0.3 is 4.74 Å². The minimum absolute atomic E-state index is 0.300. The van der Waals surface area contributed by atoms with Gasteiger partial charge in [0.05, 0.1) is 5.69 Å². The Balaban J connectivity index is 1.65. The molecule has 0 spiro atoms. The fourth-order valence-corrected chi connectivity index (χ4v) is 6.05. The SMILES string of the molecule is Cc1csc(S(=O)N(CC(C)C)c2cc(C)c(C)cc2OCc2ccc(-c3nn[nH]n3)cc2C)n1. The third kappa shape index (κ3) is 5.76. The summed E-state index contributed by atoms with van der Waals surface area (Å²) in [6, 6.07) is 10.1. The molecule has 0 fully saturated rings. The lowest BCUT2D eigenvalue weighted by molar-refractivity contribution is 0.306. The van der Waals surface area contributed by atoms with Crippen LogP contribution in [0.25, 0.3) is 11.4 Å². The van der Waals surface area contributed by atoms with Crippen LogP contribution in [0, 0.1) is 33.6 Å². The number of H-pyrrole nitrogens is 1. The highest BCUT2D eigenvalue weighted by atomic mass is 32.2. The van der Waals surface area contributed by atoms with E-state index in [4.69, 9.17) is 4.74 Å². The lowest BCUT2D eigenvalue weighted by Gasteiger charge is -2.27. The number of rotatable bonds is 9. The molecule has 0 aliphatic rings. The monoisotopic (exact) mass is 510 g/mol. The molecule has 2 heterocycles. The van der Waals surface area contributed by atoms with Gasteiger partial charge in [0.15, 0.2) is 11.0 Å². The number of thiazole rings is 1. The average molecular weight is 511 g/mol. The molecule has 35 heavy (non-hydrogen) atoms.